The molecule has 1 aliphatic rings. The zero-order chi connectivity index (χ0) is 14.7. The summed E-state index contributed by atoms with van der Waals surface area (Å²) in [7, 11) is 0. The van der Waals surface area contributed by atoms with Gasteiger partial charge in [-0.25, -0.2) is 15.0 Å². The SMILES string of the molecule is N#Cc1nccnc1N1CCN(c2ccc(Br)cn2)CC1. The number of pyridine rings is 1. The van der Waals surface area contributed by atoms with Crippen LogP contribution in [0.1, 0.15) is 5.69 Å². The summed E-state index contributed by atoms with van der Waals surface area (Å²) in [5.41, 5.74) is 0.382. The van der Waals surface area contributed by atoms with Crippen LogP contribution in [-0.2, 0) is 0 Å². The van der Waals surface area contributed by atoms with E-state index in [9.17, 15) is 0 Å². The molecule has 0 atom stereocenters. The second kappa shape index (κ2) is 6.06. The monoisotopic (exact) mass is 344 g/mol. The number of rotatable bonds is 2. The lowest BCUT2D eigenvalue weighted by Crippen LogP contribution is -2.47. The Morgan fingerprint density at radius 3 is 2.38 bits per heavy atom. The Kier molecular flexibility index (Phi) is 3.97. The van der Waals surface area contributed by atoms with Crippen molar-refractivity contribution in [2.75, 3.05) is 36.0 Å². The van der Waals surface area contributed by atoms with E-state index in [1.54, 1.807) is 18.6 Å². The van der Waals surface area contributed by atoms with Gasteiger partial charge < -0.3 is 9.80 Å². The summed E-state index contributed by atoms with van der Waals surface area (Å²) in [5.74, 6) is 1.64. The summed E-state index contributed by atoms with van der Waals surface area (Å²) in [6.07, 6.45) is 4.97. The summed E-state index contributed by atoms with van der Waals surface area (Å²) >= 11 is 3.39. The van der Waals surface area contributed by atoms with Crippen LogP contribution in [0.4, 0.5) is 11.6 Å². The van der Waals surface area contributed by atoms with Gasteiger partial charge in [-0.1, -0.05) is 0 Å². The Morgan fingerprint density at radius 1 is 1.00 bits per heavy atom. The van der Waals surface area contributed by atoms with Crippen LogP contribution in [0.5, 0.6) is 0 Å². The van der Waals surface area contributed by atoms with Gasteiger partial charge in [0.1, 0.15) is 11.9 Å². The highest BCUT2D eigenvalue weighted by Gasteiger charge is 2.21. The fourth-order valence-electron chi connectivity index (χ4n) is 2.34. The van der Waals surface area contributed by atoms with Crippen LogP contribution in [0.15, 0.2) is 35.2 Å². The number of aromatic nitrogens is 3. The van der Waals surface area contributed by atoms with E-state index < -0.39 is 0 Å². The standard InChI is InChI=1S/C14H13BrN6/c15-11-1-2-13(19-10-11)20-5-7-21(8-6-20)14-12(9-16)17-3-4-18-14/h1-4,10H,5-8H2. The number of nitrogens with zero attached hydrogens (tertiary/aromatic N) is 6. The quantitative estimate of drug-likeness (QED) is 0.827. The Hall–Kier alpha value is -2.20. The minimum Gasteiger partial charge on any atom is -0.353 e. The average Bonchev–Trinajstić information content (AvgIpc) is 2.56. The summed E-state index contributed by atoms with van der Waals surface area (Å²) in [5, 5.41) is 9.10. The second-order valence-corrected chi connectivity index (χ2v) is 5.56. The Balaban J connectivity index is 1.70. The lowest BCUT2D eigenvalue weighted by molar-refractivity contribution is 0.640. The van der Waals surface area contributed by atoms with Gasteiger partial charge in [-0.3, -0.25) is 0 Å². The fourth-order valence-corrected chi connectivity index (χ4v) is 2.58. The Bertz CT molecular complexity index is 658. The van der Waals surface area contributed by atoms with Gasteiger partial charge in [-0.05, 0) is 28.1 Å². The predicted molar refractivity (Wildman–Crippen MR) is 83.1 cm³/mol. The first kappa shape index (κ1) is 13.8. The molecule has 1 saturated heterocycles. The molecule has 7 heteroatoms. The molecule has 0 unspecified atom stereocenters. The second-order valence-electron chi connectivity index (χ2n) is 4.65. The molecule has 2 aromatic rings. The molecule has 21 heavy (non-hydrogen) atoms. The van der Waals surface area contributed by atoms with Gasteiger partial charge >= 0.3 is 0 Å². The van der Waals surface area contributed by atoms with Crippen LogP contribution in [-0.4, -0.2) is 41.1 Å². The van der Waals surface area contributed by atoms with E-state index in [4.69, 9.17) is 5.26 Å². The average molecular weight is 345 g/mol. The maximum atomic E-state index is 9.10. The van der Waals surface area contributed by atoms with Gasteiger partial charge in [0.25, 0.3) is 0 Å². The lowest BCUT2D eigenvalue weighted by Gasteiger charge is -2.36. The third kappa shape index (κ3) is 2.95. The molecule has 1 aliphatic heterocycles. The molecule has 6 nitrogen and oxygen atoms in total. The van der Waals surface area contributed by atoms with Gasteiger partial charge in [-0.15, -0.1) is 0 Å². The van der Waals surface area contributed by atoms with E-state index in [0.717, 1.165) is 36.5 Å². The van der Waals surface area contributed by atoms with Crippen LogP contribution in [0.3, 0.4) is 0 Å². The number of hydrogen-bond donors (Lipinski definition) is 0. The van der Waals surface area contributed by atoms with Crippen LogP contribution >= 0.6 is 15.9 Å². The van der Waals surface area contributed by atoms with Gasteiger partial charge in [0.2, 0.25) is 0 Å². The number of nitriles is 1. The van der Waals surface area contributed by atoms with Crippen molar-refractivity contribution in [3.8, 4) is 6.07 Å². The van der Waals surface area contributed by atoms with Crippen LogP contribution in [0.2, 0.25) is 0 Å². The maximum Gasteiger partial charge on any atom is 0.183 e. The summed E-state index contributed by atoms with van der Waals surface area (Å²) in [4.78, 5) is 17.1. The lowest BCUT2D eigenvalue weighted by atomic mass is 10.3. The summed E-state index contributed by atoms with van der Waals surface area (Å²) in [6.45, 7) is 3.28. The molecule has 106 valence electrons. The molecule has 0 spiro atoms. The van der Waals surface area contributed by atoms with E-state index in [1.165, 1.54) is 0 Å². The van der Waals surface area contributed by atoms with Crippen molar-refractivity contribution in [1.29, 1.82) is 5.26 Å². The fraction of sp³-hybridized carbons (Fsp3) is 0.286. The smallest absolute Gasteiger partial charge is 0.183 e. The third-order valence-corrected chi connectivity index (χ3v) is 3.87. The van der Waals surface area contributed by atoms with E-state index >= 15 is 0 Å². The number of piperazine rings is 1. The van der Waals surface area contributed by atoms with E-state index in [2.05, 4.69) is 46.8 Å². The van der Waals surface area contributed by atoms with Gasteiger partial charge in [0.15, 0.2) is 11.5 Å². The highest BCUT2D eigenvalue weighted by molar-refractivity contribution is 9.10. The normalized spacial score (nSPS) is 14.9. The third-order valence-electron chi connectivity index (χ3n) is 3.40. The first-order chi connectivity index (χ1) is 10.3. The molecule has 0 aromatic carbocycles. The van der Waals surface area contributed by atoms with Crippen molar-refractivity contribution in [1.82, 2.24) is 15.0 Å². The molecule has 0 N–H and O–H groups in total. The van der Waals surface area contributed by atoms with Crippen molar-refractivity contribution in [3.05, 3.63) is 40.9 Å². The maximum absolute atomic E-state index is 9.10. The highest BCUT2D eigenvalue weighted by Crippen LogP contribution is 2.20. The molecule has 0 radical (unpaired) electrons. The summed E-state index contributed by atoms with van der Waals surface area (Å²) in [6, 6.07) is 6.09. The minimum atomic E-state index is 0.382. The molecule has 2 aromatic heterocycles. The Morgan fingerprint density at radius 2 is 1.71 bits per heavy atom. The molecule has 0 bridgehead atoms. The first-order valence-electron chi connectivity index (χ1n) is 6.60. The number of anilines is 2. The summed E-state index contributed by atoms with van der Waals surface area (Å²) < 4.78 is 0.975. The molecular weight excluding hydrogens is 332 g/mol. The van der Waals surface area contributed by atoms with Gasteiger partial charge in [-0.2, -0.15) is 5.26 Å². The molecular formula is C14H13BrN6. The number of hydrogen-bond acceptors (Lipinski definition) is 6. The van der Waals surface area contributed by atoms with Crippen molar-refractivity contribution in [3.63, 3.8) is 0 Å². The van der Waals surface area contributed by atoms with E-state index in [1.807, 2.05) is 12.1 Å². The topological polar surface area (TPSA) is 68.9 Å². The van der Waals surface area contributed by atoms with Crippen molar-refractivity contribution in [2.24, 2.45) is 0 Å². The van der Waals surface area contributed by atoms with Crippen molar-refractivity contribution < 1.29 is 0 Å². The minimum absolute atomic E-state index is 0.382. The number of halogens is 1. The largest absolute Gasteiger partial charge is 0.353 e. The van der Waals surface area contributed by atoms with Gasteiger partial charge in [0.05, 0.1) is 0 Å². The van der Waals surface area contributed by atoms with Crippen LogP contribution in [0, 0.1) is 11.3 Å². The van der Waals surface area contributed by atoms with Crippen molar-refractivity contribution >= 4 is 27.6 Å². The molecule has 3 rings (SSSR count). The first-order valence-corrected chi connectivity index (χ1v) is 7.40. The van der Waals surface area contributed by atoms with Crippen molar-refractivity contribution in [2.45, 2.75) is 0 Å². The molecule has 0 amide bonds. The highest BCUT2D eigenvalue weighted by atomic mass is 79.9. The molecule has 3 heterocycles. The Labute approximate surface area is 131 Å². The molecule has 0 saturated carbocycles. The zero-order valence-electron chi connectivity index (χ0n) is 11.3. The predicted octanol–water partition coefficient (Wildman–Crippen LogP) is 1.83. The van der Waals surface area contributed by atoms with E-state index in [0.29, 0.717) is 11.5 Å². The zero-order valence-corrected chi connectivity index (χ0v) is 12.9. The van der Waals surface area contributed by atoms with Crippen LogP contribution in [0.25, 0.3) is 0 Å². The van der Waals surface area contributed by atoms with Gasteiger partial charge in [0, 0.05) is 49.2 Å². The molecule has 0 aliphatic carbocycles. The molecule has 1 fully saturated rings. The van der Waals surface area contributed by atoms with E-state index in [-0.39, 0.29) is 0 Å². The van der Waals surface area contributed by atoms with Crippen LogP contribution < -0.4 is 9.80 Å².